The fraction of sp³-hybridized carbons (Fsp3) is 0.368. The normalized spacial score (nSPS) is 13.2. The molecule has 0 aromatic heterocycles. The molecule has 0 aliphatic heterocycles. The zero-order valence-corrected chi connectivity index (χ0v) is 13.5. The summed E-state index contributed by atoms with van der Waals surface area (Å²) in [6, 6.07) is 17.4. The first kappa shape index (κ1) is 15.7. The first-order valence-corrected chi connectivity index (χ1v) is 7.53. The van der Waals surface area contributed by atoms with E-state index in [1.165, 1.54) is 22.3 Å². The SMILES string of the molecule is Cc1ccccc1CC(NN)c1ccc(C(C)(C)C)cc1. The van der Waals surface area contributed by atoms with Crippen molar-refractivity contribution in [2.45, 2.75) is 45.6 Å². The van der Waals surface area contributed by atoms with E-state index in [1.54, 1.807) is 0 Å². The van der Waals surface area contributed by atoms with Crippen LogP contribution in [0.1, 0.15) is 49.1 Å². The van der Waals surface area contributed by atoms with Crippen LogP contribution in [0.4, 0.5) is 0 Å². The maximum Gasteiger partial charge on any atom is 0.0500 e. The quantitative estimate of drug-likeness (QED) is 0.656. The van der Waals surface area contributed by atoms with Crippen LogP contribution in [0.5, 0.6) is 0 Å². The molecule has 0 spiro atoms. The summed E-state index contributed by atoms with van der Waals surface area (Å²) >= 11 is 0. The lowest BCUT2D eigenvalue weighted by atomic mass is 9.86. The summed E-state index contributed by atoms with van der Waals surface area (Å²) in [4.78, 5) is 0. The number of hydrazine groups is 1. The predicted octanol–water partition coefficient (Wildman–Crippen LogP) is 4.04. The van der Waals surface area contributed by atoms with Gasteiger partial charge in [-0.15, -0.1) is 0 Å². The van der Waals surface area contributed by atoms with Gasteiger partial charge in [0.1, 0.15) is 0 Å². The average molecular weight is 282 g/mol. The average Bonchev–Trinajstić information content (AvgIpc) is 2.46. The van der Waals surface area contributed by atoms with E-state index >= 15 is 0 Å². The molecule has 21 heavy (non-hydrogen) atoms. The molecule has 112 valence electrons. The minimum Gasteiger partial charge on any atom is -0.271 e. The van der Waals surface area contributed by atoms with Gasteiger partial charge in [-0.1, -0.05) is 69.3 Å². The number of nitrogens with two attached hydrogens (primary N) is 1. The van der Waals surface area contributed by atoms with Crippen molar-refractivity contribution in [1.29, 1.82) is 0 Å². The summed E-state index contributed by atoms with van der Waals surface area (Å²) in [6.45, 7) is 8.83. The van der Waals surface area contributed by atoms with Crippen LogP contribution in [0.2, 0.25) is 0 Å². The summed E-state index contributed by atoms with van der Waals surface area (Å²) in [7, 11) is 0. The fourth-order valence-corrected chi connectivity index (χ4v) is 2.55. The summed E-state index contributed by atoms with van der Waals surface area (Å²) in [5, 5.41) is 0. The van der Waals surface area contributed by atoms with Crippen molar-refractivity contribution in [3.8, 4) is 0 Å². The Morgan fingerprint density at radius 3 is 2.14 bits per heavy atom. The van der Waals surface area contributed by atoms with E-state index in [1.807, 2.05) is 0 Å². The van der Waals surface area contributed by atoms with Crippen molar-refractivity contribution in [3.63, 3.8) is 0 Å². The third kappa shape index (κ3) is 3.93. The lowest BCUT2D eigenvalue weighted by molar-refractivity contribution is 0.548. The molecule has 2 heteroatoms. The van der Waals surface area contributed by atoms with Gasteiger partial charge in [0.25, 0.3) is 0 Å². The van der Waals surface area contributed by atoms with E-state index < -0.39 is 0 Å². The van der Waals surface area contributed by atoms with E-state index in [0.717, 1.165) is 6.42 Å². The van der Waals surface area contributed by atoms with Crippen molar-refractivity contribution in [3.05, 3.63) is 70.8 Å². The van der Waals surface area contributed by atoms with Gasteiger partial charge in [0, 0.05) is 6.04 Å². The molecule has 0 saturated carbocycles. The van der Waals surface area contributed by atoms with Crippen LogP contribution in [0, 0.1) is 6.92 Å². The Morgan fingerprint density at radius 1 is 1.00 bits per heavy atom. The van der Waals surface area contributed by atoms with Crippen LogP contribution in [0.3, 0.4) is 0 Å². The Balaban J connectivity index is 2.20. The fourth-order valence-electron chi connectivity index (χ4n) is 2.55. The molecule has 0 radical (unpaired) electrons. The molecular weight excluding hydrogens is 256 g/mol. The highest BCUT2D eigenvalue weighted by atomic mass is 15.2. The maximum atomic E-state index is 5.78. The number of hydrogen-bond donors (Lipinski definition) is 2. The summed E-state index contributed by atoms with van der Waals surface area (Å²) in [5.41, 5.74) is 8.35. The van der Waals surface area contributed by atoms with Crippen LogP contribution < -0.4 is 11.3 Å². The Bertz CT molecular complexity index is 579. The van der Waals surface area contributed by atoms with Gasteiger partial charge in [-0.2, -0.15) is 0 Å². The zero-order valence-electron chi connectivity index (χ0n) is 13.5. The maximum absolute atomic E-state index is 5.78. The van der Waals surface area contributed by atoms with Gasteiger partial charge >= 0.3 is 0 Å². The third-order valence-corrected chi connectivity index (χ3v) is 4.07. The Morgan fingerprint density at radius 2 is 1.62 bits per heavy atom. The summed E-state index contributed by atoms with van der Waals surface area (Å²) in [6.07, 6.45) is 0.901. The number of rotatable bonds is 4. The Hall–Kier alpha value is -1.64. The molecule has 3 N–H and O–H groups in total. The highest BCUT2D eigenvalue weighted by Gasteiger charge is 2.15. The molecule has 0 amide bonds. The standard InChI is InChI=1S/C19H26N2/c1-14-7-5-6-8-16(14)13-18(21-20)15-9-11-17(12-10-15)19(2,3)4/h5-12,18,21H,13,20H2,1-4H3. The molecule has 0 bridgehead atoms. The molecule has 2 aromatic carbocycles. The van der Waals surface area contributed by atoms with Gasteiger partial charge < -0.3 is 0 Å². The molecule has 0 heterocycles. The Kier molecular flexibility index (Phi) is 4.81. The molecule has 0 saturated heterocycles. The highest BCUT2D eigenvalue weighted by molar-refractivity contribution is 5.32. The van der Waals surface area contributed by atoms with Crippen molar-refractivity contribution < 1.29 is 0 Å². The van der Waals surface area contributed by atoms with E-state index in [0.29, 0.717) is 0 Å². The first-order chi connectivity index (χ1) is 9.91. The largest absolute Gasteiger partial charge is 0.271 e. The second-order valence-electron chi connectivity index (χ2n) is 6.72. The highest BCUT2D eigenvalue weighted by Crippen LogP contribution is 2.25. The third-order valence-electron chi connectivity index (χ3n) is 4.07. The topological polar surface area (TPSA) is 38.0 Å². The second-order valence-corrected chi connectivity index (χ2v) is 6.72. The first-order valence-electron chi connectivity index (χ1n) is 7.53. The van der Waals surface area contributed by atoms with Crippen molar-refractivity contribution in [2.24, 2.45) is 5.84 Å². The minimum atomic E-state index is 0.139. The van der Waals surface area contributed by atoms with Crippen molar-refractivity contribution in [1.82, 2.24) is 5.43 Å². The number of hydrogen-bond acceptors (Lipinski definition) is 2. The van der Waals surface area contributed by atoms with Crippen LogP contribution >= 0.6 is 0 Å². The summed E-state index contributed by atoms with van der Waals surface area (Å²) < 4.78 is 0. The van der Waals surface area contributed by atoms with Crippen LogP contribution in [-0.4, -0.2) is 0 Å². The molecular formula is C19H26N2. The van der Waals surface area contributed by atoms with Crippen LogP contribution in [-0.2, 0) is 11.8 Å². The molecule has 2 aromatic rings. The van der Waals surface area contributed by atoms with Gasteiger partial charge in [-0.3, -0.25) is 11.3 Å². The smallest absolute Gasteiger partial charge is 0.0500 e. The van der Waals surface area contributed by atoms with E-state index in [4.69, 9.17) is 5.84 Å². The lowest BCUT2D eigenvalue weighted by Crippen LogP contribution is -2.29. The van der Waals surface area contributed by atoms with E-state index in [-0.39, 0.29) is 11.5 Å². The molecule has 2 nitrogen and oxygen atoms in total. The molecule has 0 aliphatic carbocycles. The lowest BCUT2D eigenvalue weighted by Gasteiger charge is -2.22. The molecule has 1 unspecified atom stereocenters. The molecule has 0 aliphatic rings. The molecule has 1 atom stereocenters. The van der Waals surface area contributed by atoms with Crippen LogP contribution in [0.15, 0.2) is 48.5 Å². The van der Waals surface area contributed by atoms with Gasteiger partial charge in [-0.25, -0.2) is 0 Å². The zero-order chi connectivity index (χ0) is 15.5. The number of aryl methyl sites for hydroxylation is 1. The molecule has 2 rings (SSSR count). The molecule has 0 fully saturated rings. The van der Waals surface area contributed by atoms with Gasteiger partial charge in [-0.05, 0) is 41.0 Å². The van der Waals surface area contributed by atoms with Crippen molar-refractivity contribution in [2.75, 3.05) is 0 Å². The van der Waals surface area contributed by atoms with Crippen molar-refractivity contribution >= 4 is 0 Å². The summed E-state index contributed by atoms with van der Waals surface area (Å²) in [5.74, 6) is 5.78. The number of nitrogens with one attached hydrogen (secondary N) is 1. The predicted molar refractivity (Wildman–Crippen MR) is 90.1 cm³/mol. The minimum absolute atomic E-state index is 0.139. The van der Waals surface area contributed by atoms with Crippen LogP contribution in [0.25, 0.3) is 0 Å². The second kappa shape index (κ2) is 6.42. The van der Waals surface area contributed by atoms with E-state index in [9.17, 15) is 0 Å². The van der Waals surface area contributed by atoms with E-state index in [2.05, 4.69) is 81.7 Å². The monoisotopic (exact) mass is 282 g/mol. The van der Waals surface area contributed by atoms with Gasteiger partial charge in [0.2, 0.25) is 0 Å². The van der Waals surface area contributed by atoms with Gasteiger partial charge in [0.15, 0.2) is 0 Å². The van der Waals surface area contributed by atoms with Gasteiger partial charge in [0.05, 0.1) is 0 Å². The number of benzene rings is 2. The Labute approximate surface area is 128 Å².